The molecule has 0 saturated carbocycles. The zero-order valence-corrected chi connectivity index (χ0v) is 20.6. The summed E-state index contributed by atoms with van der Waals surface area (Å²) < 4.78 is 11.4. The van der Waals surface area contributed by atoms with Crippen molar-refractivity contribution in [2.24, 2.45) is 0 Å². The summed E-state index contributed by atoms with van der Waals surface area (Å²) >= 11 is 0. The summed E-state index contributed by atoms with van der Waals surface area (Å²) in [5, 5.41) is 8.56. The highest BCUT2D eigenvalue weighted by Crippen LogP contribution is 2.19. The molecule has 6 nitrogen and oxygen atoms in total. The van der Waals surface area contributed by atoms with E-state index in [9.17, 15) is 4.79 Å². The standard InChI is InChI=1S/C28H40N2O4/c1-2-3-10-19-33-20-11-12-21-34-26-22-29-28(30-23-26)25-17-15-24(16-18-25)13-8-6-4-5-7-9-14-27(31)32/h9,14-18,22-23H,2-8,10-13,19-21H2,1H3,(H,31,32)/b14-9+. The number of allylic oxidation sites excluding steroid dienone is 1. The molecule has 0 bridgehead atoms. The molecule has 0 aliphatic carbocycles. The molecule has 34 heavy (non-hydrogen) atoms. The lowest BCUT2D eigenvalue weighted by Gasteiger charge is -2.07. The van der Waals surface area contributed by atoms with E-state index in [1.165, 1.54) is 24.5 Å². The monoisotopic (exact) mass is 468 g/mol. The molecule has 186 valence electrons. The van der Waals surface area contributed by atoms with Gasteiger partial charge in [-0.25, -0.2) is 14.8 Å². The molecule has 0 fully saturated rings. The zero-order chi connectivity index (χ0) is 24.3. The average molecular weight is 469 g/mol. The molecule has 0 spiro atoms. The minimum Gasteiger partial charge on any atom is -0.490 e. The Labute approximate surface area is 204 Å². The van der Waals surface area contributed by atoms with Crippen LogP contribution in [-0.2, 0) is 16.0 Å². The number of benzene rings is 1. The fourth-order valence-corrected chi connectivity index (χ4v) is 3.54. The van der Waals surface area contributed by atoms with Gasteiger partial charge in [0.05, 0.1) is 19.0 Å². The Kier molecular flexibility index (Phi) is 14.3. The van der Waals surface area contributed by atoms with Gasteiger partial charge in [0.1, 0.15) is 0 Å². The minimum absolute atomic E-state index is 0.648. The van der Waals surface area contributed by atoms with Crippen LogP contribution in [-0.4, -0.2) is 40.9 Å². The highest BCUT2D eigenvalue weighted by Gasteiger charge is 2.03. The predicted molar refractivity (Wildman–Crippen MR) is 136 cm³/mol. The van der Waals surface area contributed by atoms with Gasteiger partial charge in [-0.15, -0.1) is 0 Å². The van der Waals surface area contributed by atoms with Crippen LogP contribution in [0.3, 0.4) is 0 Å². The third kappa shape index (κ3) is 12.5. The van der Waals surface area contributed by atoms with Crippen molar-refractivity contribution in [3.8, 4) is 17.1 Å². The van der Waals surface area contributed by atoms with Gasteiger partial charge < -0.3 is 14.6 Å². The van der Waals surface area contributed by atoms with Crippen LogP contribution in [0.2, 0.25) is 0 Å². The number of aromatic nitrogens is 2. The van der Waals surface area contributed by atoms with Crippen LogP contribution >= 0.6 is 0 Å². The second kappa shape index (κ2) is 17.7. The van der Waals surface area contributed by atoms with Gasteiger partial charge in [0.15, 0.2) is 11.6 Å². The minimum atomic E-state index is -0.872. The molecule has 1 aromatic heterocycles. The first kappa shape index (κ1) is 27.5. The quantitative estimate of drug-likeness (QED) is 0.184. The molecule has 0 radical (unpaired) electrons. The third-order valence-corrected chi connectivity index (χ3v) is 5.53. The Morgan fingerprint density at radius 3 is 2.26 bits per heavy atom. The summed E-state index contributed by atoms with van der Waals surface area (Å²) in [6.45, 7) is 4.50. The SMILES string of the molecule is CCCCCOCCCCOc1cnc(-c2ccc(CCCCCC/C=C/C(=O)O)cc2)nc1. The smallest absolute Gasteiger partial charge is 0.327 e. The van der Waals surface area contributed by atoms with Crippen LogP contribution in [0.4, 0.5) is 0 Å². The molecule has 1 heterocycles. The highest BCUT2D eigenvalue weighted by atomic mass is 16.5. The molecule has 0 saturated heterocycles. The first-order chi connectivity index (χ1) is 16.7. The van der Waals surface area contributed by atoms with Gasteiger partial charge in [0, 0.05) is 24.9 Å². The van der Waals surface area contributed by atoms with Gasteiger partial charge in [-0.1, -0.05) is 62.9 Å². The van der Waals surface area contributed by atoms with Crippen molar-refractivity contribution in [1.82, 2.24) is 9.97 Å². The maximum absolute atomic E-state index is 10.4. The average Bonchev–Trinajstić information content (AvgIpc) is 2.85. The number of rotatable bonds is 19. The Bertz CT molecular complexity index is 819. The molecule has 0 aliphatic rings. The molecular weight excluding hydrogens is 428 g/mol. The van der Waals surface area contributed by atoms with Gasteiger partial charge in [0.25, 0.3) is 0 Å². The highest BCUT2D eigenvalue weighted by molar-refractivity contribution is 5.79. The van der Waals surface area contributed by atoms with E-state index in [4.69, 9.17) is 14.6 Å². The van der Waals surface area contributed by atoms with Crippen molar-refractivity contribution < 1.29 is 19.4 Å². The Morgan fingerprint density at radius 2 is 1.56 bits per heavy atom. The van der Waals surface area contributed by atoms with Crippen LogP contribution in [0, 0.1) is 0 Å². The second-order valence-electron chi connectivity index (χ2n) is 8.51. The van der Waals surface area contributed by atoms with E-state index in [-0.39, 0.29) is 0 Å². The molecule has 0 unspecified atom stereocenters. The Hall–Kier alpha value is -2.73. The van der Waals surface area contributed by atoms with E-state index in [0.717, 1.165) is 76.6 Å². The van der Waals surface area contributed by atoms with Crippen molar-refractivity contribution in [2.75, 3.05) is 19.8 Å². The van der Waals surface area contributed by atoms with Crippen molar-refractivity contribution in [2.45, 2.75) is 77.6 Å². The number of unbranched alkanes of at least 4 members (excludes halogenated alkanes) is 7. The second-order valence-corrected chi connectivity index (χ2v) is 8.51. The van der Waals surface area contributed by atoms with Gasteiger partial charge in [-0.3, -0.25) is 0 Å². The molecule has 2 rings (SSSR count). The van der Waals surface area contributed by atoms with Gasteiger partial charge in [0.2, 0.25) is 0 Å². The Morgan fingerprint density at radius 1 is 0.882 bits per heavy atom. The van der Waals surface area contributed by atoms with E-state index in [1.54, 1.807) is 18.5 Å². The van der Waals surface area contributed by atoms with Crippen LogP contribution in [0.1, 0.15) is 76.7 Å². The topological polar surface area (TPSA) is 81.5 Å². The van der Waals surface area contributed by atoms with Crippen molar-refractivity contribution in [1.29, 1.82) is 0 Å². The summed E-state index contributed by atoms with van der Waals surface area (Å²) in [4.78, 5) is 19.3. The molecule has 2 aromatic rings. The molecule has 0 atom stereocenters. The number of aliphatic carboxylic acids is 1. The number of ether oxygens (including phenoxy) is 2. The molecule has 1 N–H and O–H groups in total. The normalized spacial score (nSPS) is 11.2. The maximum atomic E-state index is 10.4. The number of carboxylic acid groups (broad SMARTS) is 1. The molecular formula is C28H40N2O4. The Balaban J connectivity index is 1.60. The first-order valence-corrected chi connectivity index (χ1v) is 12.7. The summed E-state index contributed by atoms with van der Waals surface area (Å²) in [7, 11) is 0. The number of nitrogens with zero attached hydrogens (tertiary/aromatic N) is 2. The lowest BCUT2D eigenvalue weighted by Crippen LogP contribution is -2.02. The fraction of sp³-hybridized carbons (Fsp3) is 0.536. The lowest BCUT2D eigenvalue weighted by atomic mass is 10.0. The van der Waals surface area contributed by atoms with Gasteiger partial charge in [-0.05, 0) is 50.5 Å². The predicted octanol–water partition coefficient (Wildman–Crippen LogP) is 6.64. The maximum Gasteiger partial charge on any atom is 0.327 e. The number of carbonyl (C=O) groups is 1. The van der Waals surface area contributed by atoms with E-state index in [0.29, 0.717) is 18.2 Å². The number of carboxylic acids is 1. The number of hydrogen-bond acceptors (Lipinski definition) is 5. The summed E-state index contributed by atoms with van der Waals surface area (Å²) in [6.07, 6.45) is 18.3. The largest absolute Gasteiger partial charge is 0.490 e. The van der Waals surface area contributed by atoms with Gasteiger partial charge in [-0.2, -0.15) is 0 Å². The van der Waals surface area contributed by atoms with E-state index >= 15 is 0 Å². The van der Waals surface area contributed by atoms with Crippen LogP contribution in [0.25, 0.3) is 11.4 Å². The molecule has 1 aromatic carbocycles. The zero-order valence-electron chi connectivity index (χ0n) is 20.6. The fourth-order valence-electron chi connectivity index (χ4n) is 3.54. The van der Waals surface area contributed by atoms with E-state index < -0.39 is 5.97 Å². The van der Waals surface area contributed by atoms with Gasteiger partial charge >= 0.3 is 5.97 Å². The number of aryl methyl sites for hydroxylation is 1. The molecule has 0 aliphatic heterocycles. The van der Waals surface area contributed by atoms with Crippen LogP contribution < -0.4 is 4.74 Å². The third-order valence-electron chi connectivity index (χ3n) is 5.53. The van der Waals surface area contributed by atoms with Crippen LogP contribution in [0.5, 0.6) is 5.75 Å². The van der Waals surface area contributed by atoms with Crippen molar-refractivity contribution in [3.05, 3.63) is 54.4 Å². The van der Waals surface area contributed by atoms with E-state index in [1.807, 2.05) is 0 Å². The first-order valence-electron chi connectivity index (χ1n) is 12.7. The van der Waals surface area contributed by atoms with E-state index in [2.05, 4.69) is 41.2 Å². The number of hydrogen-bond donors (Lipinski definition) is 1. The lowest BCUT2D eigenvalue weighted by molar-refractivity contribution is -0.131. The molecule has 0 amide bonds. The van der Waals surface area contributed by atoms with Crippen LogP contribution in [0.15, 0.2) is 48.8 Å². The summed E-state index contributed by atoms with van der Waals surface area (Å²) in [5.74, 6) is 0.527. The van der Waals surface area contributed by atoms with Crippen molar-refractivity contribution in [3.63, 3.8) is 0 Å². The summed E-state index contributed by atoms with van der Waals surface area (Å²) in [5.41, 5.74) is 2.31. The molecule has 6 heteroatoms. The summed E-state index contributed by atoms with van der Waals surface area (Å²) in [6, 6.07) is 8.43. The van der Waals surface area contributed by atoms with Crippen molar-refractivity contribution >= 4 is 5.97 Å².